The van der Waals surface area contributed by atoms with Gasteiger partial charge in [0.1, 0.15) is 5.76 Å². The fourth-order valence-electron chi connectivity index (χ4n) is 2.72. The highest BCUT2D eigenvalue weighted by Crippen LogP contribution is 2.21. The number of nitrogens with zero attached hydrogens (tertiary/aromatic N) is 2. The predicted molar refractivity (Wildman–Crippen MR) is 116 cm³/mol. The van der Waals surface area contributed by atoms with Crippen molar-refractivity contribution in [3.63, 3.8) is 0 Å². The van der Waals surface area contributed by atoms with Crippen LogP contribution in [0, 0.1) is 13.8 Å². The van der Waals surface area contributed by atoms with Crippen molar-refractivity contribution in [3.8, 4) is 0 Å². The van der Waals surface area contributed by atoms with E-state index < -0.39 is 0 Å². The maximum Gasteiger partial charge on any atom is 0.193 e. The van der Waals surface area contributed by atoms with Gasteiger partial charge in [-0.25, -0.2) is 0 Å². The van der Waals surface area contributed by atoms with Crippen LogP contribution >= 0.6 is 24.0 Å². The number of hydrogen-bond acceptors (Lipinski definition) is 3. The summed E-state index contributed by atoms with van der Waals surface area (Å²) in [4.78, 5) is 6.84. The fraction of sp³-hybridized carbons (Fsp3) is 0.421. The Labute approximate surface area is 167 Å². The molecule has 1 heterocycles. The molecule has 2 rings (SSSR count). The van der Waals surface area contributed by atoms with Gasteiger partial charge in [0.05, 0.1) is 18.8 Å². The summed E-state index contributed by atoms with van der Waals surface area (Å²) in [5.41, 5.74) is 9.51. The summed E-state index contributed by atoms with van der Waals surface area (Å²) >= 11 is 0. The quantitative estimate of drug-likeness (QED) is 0.370. The molecular weight excluding hydrogens is 427 g/mol. The van der Waals surface area contributed by atoms with E-state index in [9.17, 15) is 0 Å². The third-order valence-electron chi connectivity index (χ3n) is 4.34. The number of nitrogens with one attached hydrogen (secondary N) is 1. The van der Waals surface area contributed by atoms with Crippen LogP contribution in [0.2, 0.25) is 0 Å². The van der Waals surface area contributed by atoms with Gasteiger partial charge in [-0.2, -0.15) is 0 Å². The van der Waals surface area contributed by atoms with E-state index in [0.29, 0.717) is 12.5 Å². The zero-order valence-corrected chi connectivity index (χ0v) is 17.8. The highest BCUT2D eigenvalue weighted by Gasteiger charge is 2.20. The summed E-state index contributed by atoms with van der Waals surface area (Å²) < 4.78 is 5.59. The van der Waals surface area contributed by atoms with Gasteiger partial charge in [0.25, 0.3) is 0 Å². The number of furan rings is 1. The smallest absolute Gasteiger partial charge is 0.193 e. The fourth-order valence-corrected chi connectivity index (χ4v) is 2.72. The van der Waals surface area contributed by atoms with Gasteiger partial charge in [0.2, 0.25) is 0 Å². The minimum absolute atomic E-state index is 0. The zero-order valence-electron chi connectivity index (χ0n) is 15.5. The van der Waals surface area contributed by atoms with Crippen LogP contribution < -0.4 is 11.1 Å². The summed E-state index contributed by atoms with van der Waals surface area (Å²) in [6, 6.07) is 10.2. The van der Waals surface area contributed by atoms with E-state index in [1.165, 1.54) is 11.1 Å². The molecule has 0 aliphatic heterocycles. The van der Waals surface area contributed by atoms with E-state index in [-0.39, 0.29) is 30.0 Å². The average molecular weight is 456 g/mol. The summed E-state index contributed by atoms with van der Waals surface area (Å²) in [5.74, 6) is 1.34. The highest BCUT2D eigenvalue weighted by molar-refractivity contribution is 14.0. The Bertz CT molecular complexity index is 666. The van der Waals surface area contributed by atoms with Crippen molar-refractivity contribution in [2.24, 2.45) is 10.7 Å². The molecule has 2 aromatic rings. The normalized spacial score (nSPS) is 12.8. The monoisotopic (exact) mass is 456 g/mol. The summed E-state index contributed by atoms with van der Waals surface area (Å²) in [6.45, 7) is 10.9. The largest absolute Gasteiger partial charge is 0.468 e. The lowest BCUT2D eigenvalue weighted by Crippen LogP contribution is -2.31. The van der Waals surface area contributed by atoms with Crippen LogP contribution in [0.15, 0.2) is 46.0 Å². The van der Waals surface area contributed by atoms with E-state index in [2.05, 4.69) is 55.0 Å². The number of halogens is 1. The molecule has 5 nitrogen and oxygen atoms in total. The van der Waals surface area contributed by atoms with Crippen LogP contribution in [0.1, 0.15) is 36.8 Å². The predicted octanol–water partition coefficient (Wildman–Crippen LogP) is 4.32. The van der Waals surface area contributed by atoms with Crippen LogP contribution in [0.3, 0.4) is 0 Å². The lowest BCUT2D eigenvalue weighted by molar-refractivity contribution is 0.198. The van der Waals surface area contributed by atoms with Crippen molar-refractivity contribution in [3.05, 3.63) is 53.5 Å². The first-order chi connectivity index (χ1) is 11.5. The Morgan fingerprint density at radius 3 is 2.48 bits per heavy atom. The number of hydrogen-bond donors (Lipinski definition) is 2. The van der Waals surface area contributed by atoms with Gasteiger partial charge >= 0.3 is 0 Å². The van der Waals surface area contributed by atoms with Crippen LogP contribution in [0.5, 0.6) is 0 Å². The number of nitrogens with two attached hydrogens (primary N) is 1. The highest BCUT2D eigenvalue weighted by atomic mass is 127. The molecule has 0 bridgehead atoms. The number of rotatable bonds is 7. The average Bonchev–Trinajstić information content (AvgIpc) is 3.09. The molecule has 1 aromatic carbocycles. The third-order valence-corrected chi connectivity index (χ3v) is 4.34. The number of guanidine groups is 1. The van der Waals surface area contributed by atoms with Crippen LogP contribution in [-0.2, 0) is 0 Å². The molecule has 0 aliphatic carbocycles. The number of aryl methyl sites for hydroxylation is 2. The summed E-state index contributed by atoms with van der Waals surface area (Å²) in [7, 11) is 0. The molecule has 0 amide bonds. The lowest BCUT2D eigenvalue weighted by Gasteiger charge is -2.26. The van der Waals surface area contributed by atoms with E-state index in [4.69, 9.17) is 10.2 Å². The molecule has 138 valence electrons. The van der Waals surface area contributed by atoms with Gasteiger partial charge in [0.15, 0.2) is 5.96 Å². The van der Waals surface area contributed by atoms with Gasteiger partial charge in [-0.15, -0.1) is 24.0 Å². The Hall–Kier alpha value is -1.54. The van der Waals surface area contributed by atoms with Gasteiger partial charge < -0.3 is 15.5 Å². The molecule has 1 atom stereocenters. The first kappa shape index (κ1) is 21.5. The SMILES string of the molecule is CCN(CC)C(CN=C(N)Nc1ccc(C)c(C)c1)c1ccco1.I. The second-order valence-electron chi connectivity index (χ2n) is 5.90. The van der Waals surface area contributed by atoms with Crippen molar-refractivity contribution in [1.29, 1.82) is 0 Å². The molecular formula is C19H29IN4O. The maximum absolute atomic E-state index is 6.07. The molecule has 3 N–H and O–H groups in total. The first-order valence-corrected chi connectivity index (χ1v) is 8.46. The maximum atomic E-state index is 6.07. The van der Waals surface area contributed by atoms with Crippen LogP contribution in [0.25, 0.3) is 0 Å². The molecule has 1 unspecified atom stereocenters. The van der Waals surface area contributed by atoms with Crippen molar-refractivity contribution in [1.82, 2.24) is 4.90 Å². The Kier molecular flexibility index (Phi) is 8.99. The Morgan fingerprint density at radius 2 is 1.92 bits per heavy atom. The molecule has 0 radical (unpaired) electrons. The van der Waals surface area contributed by atoms with Crippen molar-refractivity contribution in [2.45, 2.75) is 33.7 Å². The molecule has 1 aromatic heterocycles. The van der Waals surface area contributed by atoms with Gasteiger partial charge in [-0.3, -0.25) is 9.89 Å². The zero-order chi connectivity index (χ0) is 17.5. The lowest BCUT2D eigenvalue weighted by atomic mass is 10.1. The molecule has 6 heteroatoms. The van der Waals surface area contributed by atoms with Crippen LogP contribution in [0.4, 0.5) is 5.69 Å². The summed E-state index contributed by atoms with van der Waals surface area (Å²) in [6.07, 6.45) is 1.70. The van der Waals surface area contributed by atoms with E-state index in [0.717, 1.165) is 24.5 Å². The second kappa shape index (κ2) is 10.5. The van der Waals surface area contributed by atoms with Crippen molar-refractivity contribution in [2.75, 3.05) is 25.0 Å². The Morgan fingerprint density at radius 1 is 1.20 bits per heavy atom. The molecule has 0 spiro atoms. The standard InChI is InChI=1S/C19H28N4O.HI/c1-5-23(6-2)17(18-8-7-11-24-18)13-21-19(20)22-16-10-9-14(3)15(4)12-16;/h7-12,17H,5-6,13H2,1-4H3,(H3,20,21,22);1H. The van der Waals surface area contributed by atoms with E-state index >= 15 is 0 Å². The molecule has 0 saturated carbocycles. The van der Waals surface area contributed by atoms with Gasteiger partial charge in [-0.1, -0.05) is 19.9 Å². The minimum atomic E-state index is 0. The van der Waals surface area contributed by atoms with E-state index in [1.54, 1.807) is 6.26 Å². The molecule has 0 aliphatic rings. The minimum Gasteiger partial charge on any atom is -0.468 e. The molecule has 25 heavy (non-hydrogen) atoms. The van der Waals surface area contributed by atoms with Gasteiger partial charge in [0, 0.05) is 5.69 Å². The topological polar surface area (TPSA) is 66.8 Å². The second-order valence-corrected chi connectivity index (χ2v) is 5.90. The Balaban J connectivity index is 0.00000312. The molecule has 0 saturated heterocycles. The van der Waals surface area contributed by atoms with Gasteiger partial charge in [-0.05, 0) is 62.3 Å². The number of anilines is 1. The summed E-state index contributed by atoms with van der Waals surface area (Å²) in [5, 5.41) is 3.16. The number of aliphatic imine (C=N–C) groups is 1. The molecule has 0 fully saturated rings. The van der Waals surface area contributed by atoms with Crippen molar-refractivity contribution >= 4 is 35.6 Å². The van der Waals surface area contributed by atoms with Crippen LogP contribution in [-0.4, -0.2) is 30.5 Å². The van der Waals surface area contributed by atoms with Crippen molar-refractivity contribution < 1.29 is 4.42 Å². The first-order valence-electron chi connectivity index (χ1n) is 8.46. The number of likely N-dealkylation sites (N-methyl/N-ethyl adjacent to an activating group) is 1. The third kappa shape index (κ3) is 6.04. The van der Waals surface area contributed by atoms with E-state index in [1.807, 2.05) is 18.2 Å². The number of benzene rings is 1.